The number of H-pyrrole nitrogens is 1. The first-order valence-electron chi connectivity index (χ1n) is 11.3. The lowest BCUT2D eigenvalue weighted by atomic mass is 10.1. The molecule has 0 radical (unpaired) electrons. The van der Waals surface area contributed by atoms with E-state index in [4.69, 9.17) is 4.74 Å². The van der Waals surface area contributed by atoms with Gasteiger partial charge in [-0.3, -0.25) is 4.79 Å². The molecule has 8 heteroatoms. The normalized spacial score (nSPS) is 11.4. The number of nitrogens with zero attached hydrogens (tertiary/aromatic N) is 4. The number of nitrogens with one attached hydrogen (secondary N) is 1. The average molecular weight is 477 g/mol. The van der Waals surface area contributed by atoms with Crippen LogP contribution < -0.4 is 10.3 Å². The molecular weight excluding hydrogens is 457 g/mol. The molecule has 5 aromatic rings. The Morgan fingerprint density at radius 3 is 2.67 bits per heavy atom. The van der Waals surface area contributed by atoms with E-state index in [1.54, 1.807) is 60.3 Å². The van der Waals surface area contributed by atoms with Crippen molar-refractivity contribution < 1.29 is 9.13 Å². The summed E-state index contributed by atoms with van der Waals surface area (Å²) < 4.78 is 21.7. The van der Waals surface area contributed by atoms with Gasteiger partial charge >= 0.3 is 0 Å². The van der Waals surface area contributed by atoms with Crippen molar-refractivity contribution in [3.63, 3.8) is 0 Å². The summed E-state index contributed by atoms with van der Waals surface area (Å²) in [5.74, 6) is -0.228. The third kappa shape index (κ3) is 4.38. The van der Waals surface area contributed by atoms with Gasteiger partial charge in [-0.2, -0.15) is 10.4 Å². The van der Waals surface area contributed by atoms with Crippen molar-refractivity contribution >= 4 is 22.6 Å². The van der Waals surface area contributed by atoms with Crippen LogP contribution >= 0.6 is 0 Å². The molecule has 0 amide bonds. The maximum absolute atomic E-state index is 14.7. The van der Waals surface area contributed by atoms with Gasteiger partial charge in [0.2, 0.25) is 0 Å². The van der Waals surface area contributed by atoms with Crippen LogP contribution in [-0.4, -0.2) is 26.4 Å². The fourth-order valence-corrected chi connectivity index (χ4v) is 3.87. The Balaban J connectivity index is 1.67. The van der Waals surface area contributed by atoms with Crippen molar-refractivity contribution in [2.45, 2.75) is 6.92 Å². The Hall–Kier alpha value is -5.03. The van der Waals surface area contributed by atoms with Crippen molar-refractivity contribution in [3.8, 4) is 28.8 Å². The van der Waals surface area contributed by atoms with Gasteiger partial charge in [-0.05, 0) is 55.5 Å². The summed E-state index contributed by atoms with van der Waals surface area (Å²) in [5.41, 5.74) is 2.58. The highest BCUT2D eigenvalue weighted by atomic mass is 19.1. The molecule has 0 bridgehead atoms. The summed E-state index contributed by atoms with van der Waals surface area (Å²) >= 11 is 0. The first-order valence-corrected chi connectivity index (χ1v) is 11.3. The lowest BCUT2D eigenvalue weighted by Gasteiger charge is -2.06. The van der Waals surface area contributed by atoms with Crippen LogP contribution in [0.2, 0.25) is 0 Å². The van der Waals surface area contributed by atoms with Gasteiger partial charge in [0.1, 0.15) is 11.8 Å². The smallest absolute Gasteiger partial charge is 0.259 e. The molecule has 0 unspecified atom stereocenters. The lowest BCUT2D eigenvalue weighted by Crippen LogP contribution is -2.11. The van der Waals surface area contributed by atoms with Gasteiger partial charge in [0.05, 0.1) is 28.8 Å². The van der Waals surface area contributed by atoms with Gasteiger partial charge in [-0.25, -0.2) is 14.1 Å². The van der Waals surface area contributed by atoms with Crippen LogP contribution in [0.5, 0.6) is 5.75 Å². The number of rotatable bonds is 6. The first kappa shape index (κ1) is 22.7. The highest BCUT2D eigenvalue weighted by molar-refractivity contribution is 5.91. The minimum Gasteiger partial charge on any atom is -0.491 e. The van der Waals surface area contributed by atoms with Crippen LogP contribution in [0, 0.1) is 17.1 Å². The second-order valence-corrected chi connectivity index (χ2v) is 7.89. The van der Waals surface area contributed by atoms with E-state index in [2.05, 4.69) is 21.1 Å². The van der Waals surface area contributed by atoms with Crippen LogP contribution in [0.25, 0.3) is 39.5 Å². The van der Waals surface area contributed by atoms with E-state index >= 15 is 0 Å². The predicted molar refractivity (Wildman–Crippen MR) is 136 cm³/mol. The third-order valence-electron chi connectivity index (χ3n) is 5.56. The fraction of sp³-hybridized carbons (Fsp3) is 0.0714. The fourth-order valence-electron chi connectivity index (χ4n) is 3.87. The number of para-hydroxylation sites is 2. The van der Waals surface area contributed by atoms with Gasteiger partial charge in [0.25, 0.3) is 5.56 Å². The van der Waals surface area contributed by atoms with E-state index in [0.717, 1.165) is 5.69 Å². The zero-order chi connectivity index (χ0) is 25.1. The molecule has 5 rings (SSSR count). The Labute approximate surface area is 205 Å². The van der Waals surface area contributed by atoms with Crippen LogP contribution in [0.3, 0.4) is 0 Å². The van der Waals surface area contributed by atoms with Crippen molar-refractivity contribution in [2.75, 3.05) is 6.61 Å². The summed E-state index contributed by atoms with van der Waals surface area (Å²) in [7, 11) is 0. The van der Waals surface area contributed by atoms with E-state index in [9.17, 15) is 14.4 Å². The number of aromatic amines is 1. The van der Waals surface area contributed by atoms with Crippen molar-refractivity contribution in [1.29, 1.82) is 5.26 Å². The molecule has 0 aliphatic rings. The van der Waals surface area contributed by atoms with Crippen LogP contribution in [0.4, 0.5) is 4.39 Å². The summed E-state index contributed by atoms with van der Waals surface area (Å²) in [6.45, 7) is 2.13. The largest absolute Gasteiger partial charge is 0.491 e. The van der Waals surface area contributed by atoms with E-state index in [1.165, 1.54) is 6.07 Å². The quantitative estimate of drug-likeness (QED) is 0.331. The summed E-state index contributed by atoms with van der Waals surface area (Å²) in [6, 6.07) is 23.1. The van der Waals surface area contributed by atoms with Crippen LogP contribution in [0.1, 0.15) is 18.3 Å². The number of nitriles is 1. The van der Waals surface area contributed by atoms with Gasteiger partial charge in [0, 0.05) is 17.3 Å². The molecule has 0 aliphatic carbocycles. The number of ether oxygens (including phenoxy) is 1. The number of hydrogen-bond donors (Lipinski definition) is 1. The Bertz CT molecular complexity index is 1700. The molecular formula is C28H20FN5O2. The monoisotopic (exact) mass is 477 g/mol. The molecule has 176 valence electrons. The second-order valence-electron chi connectivity index (χ2n) is 7.89. The number of fused-ring (bicyclic) bond motifs is 1. The number of aromatic nitrogens is 4. The Morgan fingerprint density at radius 1 is 1.14 bits per heavy atom. The number of benzene rings is 3. The van der Waals surface area contributed by atoms with Crippen molar-refractivity contribution in [1.82, 2.24) is 19.7 Å². The van der Waals surface area contributed by atoms with Gasteiger partial charge in [-0.15, -0.1) is 0 Å². The molecule has 2 aromatic heterocycles. The lowest BCUT2D eigenvalue weighted by molar-refractivity contribution is 0.321. The first-order chi connectivity index (χ1) is 17.6. The highest BCUT2D eigenvalue weighted by Crippen LogP contribution is 2.30. The standard InChI is InChI=1S/C28H20FN5O2/c1-2-36-25-13-12-18(15-23(25)29)26-20(17-34(33-26)21-8-4-3-5-9-21)14-19(16-30)27-31-24-11-7-6-10-22(24)28(35)32-27/h3-15,17H,2H2,1H3,(H,31,32,35). The number of hydrogen-bond acceptors (Lipinski definition) is 5. The SMILES string of the molecule is CCOc1ccc(-c2nn(-c3ccccc3)cc2C=C(C#N)c2nc3ccccc3c(=O)[nH]2)cc1F. The van der Waals surface area contributed by atoms with E-state index < -0.39 is 5.82 Å². The molecule has 1 N–H and O–H groups in total. The molecule has 3 aromatic carbocycles. The van der Waals surface area contributed by atoms with Crippen LogP contribution in [0.15, 0.2) is 83.8 Å². The maximum Gasteiger partial charge on any atom is 0.259 e. The van der Waals surface area contributed by atoms with Gasteiger partial charge in [-0.1, -0.05) is 30.3 Å². The Kier molecular flexibility index (Phi) is 6.12. The summed E-state index contributed by atoms with van der Waals surface area (Å²) in [4.78, 5) is 19.7. The highest BCUT2D eigenvalue weighted by Gasteiger charge is 2.16. The molecule has 0 fully saturated rings. The molecule has 36 heavy (non-hydrogen) atoms. The predicted octanol–water partition coefficient (Wildman–Crippen LogP) is 5.38. The average Bonchev–Trinajstić information content (AvgIpc) is 3.33. The van der Waals surface area contributed by atoms with Gasteiger partial charge < -0.3 is 9.72 Å². The minimum atomic E-state index is -0.514. The van der Waals surface area contributed by atoms with Crippen molar-refractivity contribution in [3.05, 3.63) is 107 Å². The zero-order valence-electron chi connectivity index (χ0n) is 19.3. The van der Waals surface area contributed by atoms with E-state index in [1.807, 2.05) is 30.3 Å². The van der Waals surface area contributed by atoms with E-state index in [0.29, 0.717) is 34.3 Å². The van der Waals surface area contributed by atoms with E-state index in [-0.39, 0.29) is 22.7 Å². The number of halogens is 1. The molecule has 2 heterocycles. The molecule has 7 nitrogen and oxygen atoms in total. The number of allylic oxidation sites excluding steroid dienone is 1. The molecule has 0 spiro atoms. The summed E-state index contributed by atoms with van der Waals surface area (Å²) in [5, 5.41) is 15.1. The second kappa shape index (κ2) is 9.68. The molecule has 0 atom stereocenters. The van der Waals surface area contributed by atoms with Crippen LogP contribution in [-0.2, 0) is 0 Å². The van der Waals surface area contributed by atoms with Crippen molar-refractivity contribution in [2.24, 2.45) is 0 Å². The third-order valence-corrected chi connectivity index (χ3v) is 5.56. The molecule has 0 saturated heterocycles. The topological polar surface area (TPSA) is 96.6 Å². The Morgan fingerprint density at radius 2 is 1.92 bits per heavy atom. The molecule has 0 saturated carbocycles. The zero-order valence-corrected chi connectivity index (χ0v) is 19.3. The summed E-state index contributed by atoms with van der Waals surface area (Å²) in [6.07, 6.45) is 3.33. The minimum absolute atomic E-state index is 0.137. The van der Waals surface area contributed by atoms with Gasteiger partial charge in [0.15, 0.2) is 17.4 Å². The molecule has 0 aliphatic heterocycles. The maximum atomic E-state index is 14.7.